The van der Waals surface area contributed by atoms with Crippen molar-refractivity contribution in [2.24, 2.45) is 16.7 Å². The molecule has 1 aromatic carbocycles. The summed E-state index contributed by atoms with van der Waals surface area (Å²) in [6.45, 7) is 15.1. The molecular formula is C19H30O2. The fourth-order valence-corrected chi connectivity index (χ4v) is 3.26. The zero-order valence-electron chi connectivity index (χ0n) is 14.6. The third kappa shape index (κ3) is 3.48. The summed E-state index contributed by atoms with van der Waals surface area (Å²) < 4.78 is 5.32. The van der Waals surface area contributed by atoms with Crippen molar-refractivity contribution in [3.8, 4) is 0 Å². The molecule has 2 heteroatoms. The molecule has 1 rings (SSSR count). The number of hydrogen-bond donors (Lipinski definition) is 0. The van der Waals surface area contributed by atoms with Gasteiger partial charge in [0.05, 0.1) is 12.0 Å². The molecule has 1 atom stereocenters. The Morgan fingerprint density at radius 2 is 1.62 bits per heavy atom. The first-order valence-corrected chi connectivity index (χ1v) is 7.88. The Balaban J connectivity index is 3.26. The second-order valence-electron chi connectivity index (χ2n) is 7.20. The van der Waals surface area contributed by atoms with Crippen LogP contribution in [0.1, 0.15) is 59.9 Å². The molecule has 2 nitrogen and oxygen atoms in total. The van der Waals surface area contributed by atoms with Crippen molar-refractivity contribution in [2.75, 3.05) is 6.61 Å². The van der Waals surface area contributed by atoms with E-state index in [4.69, 9.17) is 4.74 Å². The molecule has 118 valence electrons. The molecule has 0 amide bonds. The van der Waals surface area contributed by atoms with Crippen LogP contribution in [0.5, 0.6) is 0 Å². The van der Waals surface area contributed by atoms with Crippen molar-refractivity contribution in [1.29, 1.82) is 0 Å². The van der Waals surface area contributed by atoms with E-state index >= 15 is 0 Å². The molecule has 0 aliphatic carbocycles. The highest BCUT2D eigenvalue weighted by atomic mass is 16.5. The van der Waals surface area contributed by atoms with Crippen LogP contribution in [0.4, 0.5) is 0 Å². The average Bonchev–Trinajstić information content (AvgIpc) is 2.39. The minimum atomic E-state index is -0.548. The smallest absolute Gasteiger partial charge is 0.312 e. The van der Waals surface area contributed by atoms with Gasteiger partial charge in [0, 0.05) is 0 Å². The Kier molecular flexibility index (Phi) is 5.61. The number of benzene rings is 1. The number of carbonyl (C=O) groups is 1. The highest BCUT2D eigenvalue weighted by molar-refractivity contribution is 5.77. The first kappa shape index (κ1) is 17.7. The molecule has 1 aromatic rings. The molecule has 0 N–H and O–H groups in total. The molecule has 0 aromatic heterocycles. The molecule has 0 saturated carbocycles. The Morgan fingerprint density at radius 1 is 1.10 bits per heavy atom. The number of carbonyl (C=O) groups excluding carboxylic acids is 1. The largest absolute Gasteiger partial charge is 0.466 e. The Labute approximate surface area is 129 Å². The van der Waals surface area contributed by atoms with Crippen molar-refractivity contribution in [2.45, 2.75) is 54.4 Å². The molecule has 0 aliphatic heterocycles. The first-order chi connectivity index (χ1) is 9.66. The summed E-state index contributed by atoms with van der Waals surface area (Å²) in [5, 5.41) is 0. The van der Waals surface area contributed by atoms with Gasteiger partial charge in [0.2, 0.25) is 0 Å². The Hall–Kier alpha value is -1.31. The normalized spacial score (nSPS) is 14.1. The van der Waals surface area contributed by atoms with Crippen LogP contribution in [0.25, 0.3) is 0 Å². The summed E-state index contributed by atoms with van der Waals surface area (Å²) in [5.74, 6) is 0.616. The number of ether oxygens (including phenoxy) is 1. The number of hydrogen-bond acceptors (Lipinski definition) is 2. The van der Waals surface area contributed by atoms with Crippen LogP contribution in [0.3, 0.4) is 0 Å². The van der Waals surface area contributed by atoms with E-state index in [1.54, 1.807) is 0 Å². The van der Waals surface area contributed by atoms with Crippen LogP contribution < -0.4 is 0 Å². The van der Waals surface area contributed by atoms with Gasteiger partial charge in [0.15, 0.2) is 0 Å². The van der Waals surface area contributed by atoms with E-state index in [0.29, 0.717) is 12.5 Å². The van der Waals surface area contributed by atoms with Gasteiger partial charge in [-0.15, -0.1) is 0 Å². The number of esters is 1. The van der Waals surface area contributed by atoms with Gasteiger partial charge >= 0.3 is 5.97 Å². The monoisotopic (exact) mass is 290 g/mol. The minimum Gasteiger partial charge on any atom is -0.466 e. The molecule has 21 heavy (non-hydrogen) atoms. The lowest BCUT2D eigenvalue weighted by molar-refractivity contribution is -0.162. The molecule has 0 spiro atoms. The molecule has 0 saturated heterocycles. The van der Waals surface area contributed by atoms with Crippen molar-refractivity contribution in [3.63, 3.8) is 0 Å². The van der Waals surface area contributed by atoms with Crippen molar-refractivity contribution in [3.05, 3.63) is 35.9 Å². The highest BCUT2D eigenvalue weighted by Gasteiger charge is 2.50. The summed E-state index contributed by atoms with van der Waals surface area (Å²) in [6.07, 6.45) is 0. The van der Waals surface area contributed by atoms with Gasteiger partial charge < -0.3 is 4.74 Å². The standard InChI is InChI=1S/C19H30O2/c1-8-21-17(20)19(6,7)18(4,5)16(14(2)3)15-12-10-9-11-13-15/h9-14,16H,8H2,1-7H3. The van der Waals surface area contributed by atoms with Crippen LogP contribution in [-0.4, -0.2) is 12.6 Å². The second kappa shape index (κ2) is 6.64. The lowest BCUT2D eigenvalue weighted by Gasteiger charge is -2.47. The van der Waals surface area contributed by atoms with E-state index in [2.05, 4.69) is 52.0 Å². The van der Waals surface area contributed by atoms with Gasteiger partial charge in [-0.1, -0.05) is 58.0 Å². The van der Waals surface area contributed by atoms with Gasteiger partial charge in [-0.05, 0) is 43.6 Å². The summed E-state index contributed by atoms with van der Waals surface area (Å²) >= 11 is 0. The third-order valence-corrected chi connectivity index (χ3v) is 5.00. The van der Waals surface area contributed by atoms with Crippen LogP contribution >= 0.6 is 0 Å². The van der Waals surface area contributed by atoms with Crippen LogP contribution in [-0.2, 0) is 9.53 Å². The van der Waals surface area contributed by atoms with Crippen LogP contribution in [0.15, 0.2) is 30.3 Å². The van der Waals surface area contributed by atoms with Crippen LogP contribution in [0, 0.1) is 16.7 Å². The van der Waals surface area contributed by atoms with Gasteiger partial charge in [-0.3, -0.25) is 4.79 Å². The fraction of sp³-hybridized carbons (Fsp3) is 0.632. The molecule has 0 aliphatic rings. The predicted molar refractivity (Wildman–Crippen MR) is 88.2 cm³/mol. The van der Waals surface area contributed by atoms with Crippen molar-refractivity contribution < 1.29 is 9.53 Å². The summed E-state index contributed by atoms with van der Waals surface area (Å²) in [5.41, 5.74) is 0.526. The van der Waals surface area contributed by atoms with Gasteiger partial charge in [0.1, 0.15) is 0 Å². The zero-order valence-corrected chi connectivity index (χ0v) is 14.6. The summed E-state index contributed by atoms with van der Waals surface area (Å²) in [7, 11) is 0. The van der Waals surface area contributed by atoms with Gasteiger partial charge in [0.25, 0.3) is 0 Å². The molecule has 0 bridgehead atoms. The quantitative estimate of drug-likeness (QED) is 0.686. The van der Waals surface area contributed by atoms with E-state index < -0.39 is 5.41 Å². The van der Waals surface area contributed by atoms with Crippen LogP contribution in [0.2, 0.25) is 0 Å². The van der Waals surface area contributed by atoms with E-state index in [0.717, 1.165) is 0 Å². The first-order valence-electron chi connectivity index (χ1n) is 7.88. The van der Waals surface area contributed by atoms with E-state index in [1.807, 2.05) is 26.8 Å². The van der Waals surface area contributed by atoms with Gasteiger partial charge in [-0.2, -0.15) is 0 Å². The molecule has 0 heterocycles. The van der Waals surface area contributed by atoms with Gasteiger partial charge in [-0.25, -0.2) is 0 Å². The summed E-state index contributed by atoms with van der Waals surface area (Å²) in [4.78, 5) is 12.4. The zero-order chi connectivity index (χ0) is 16.3. The lowest BCUT2D eigenvalue weighted by Crippen LogP contribution is -2.46. The van der Waals surface area contributed by atoms with E-state index in [1.165, 1.54) is 5.56 Å². The molecule has 1 unspecified atom stereocenters. The maximum absolute atomic E-state index is 12.4. The number of rotatable bonds is 6. The Bertz CT molecular complexity index is 458. The molecule has 0 radical (unpaired) electrons. The second-order valence-corrected chi connectivity index (χ2v) is 7.20. The highest BCUT2D eigenvalue weighted by Crippen LogP contribution is 2.52. The van der Waals surface area contributed by atoms with E-state index in [-0.39, 0.29) is 17.3 Å². The lowest BCUT2D eigenvalue weighted by atomic mass is 9.57. The maximum Gasteiger partial charge on any atom is 0.312 e. The predicted octanol–water partition coefficient (Wildman–Crippen LogP) is 5.04. The Morgan fingerprint density at radius 3 is 2.05 bits per heavy atom. The fourth-order valence-electron chi connectivity index (χ4n) is 3.26. The maximum atomic E-state index is 12.4. The van der Waals surface area contributed by atoms with Crippen molar-refractivity contribution >= 4 is 5.97 Å². The minimum absolute atomic E-state index is 0.114. The SMILES string of the molecule is CCOC(=O)C(C)(C)C(C)(C)C(c1ccccc1)C(C)C. The molecule has 0 fully saturated rings. The average molecular weight is 290 g/mol. The topological polar surface area (TPSA) is 26.3 Å². The third-order valence-electron chi connectivity index (χ3n) is 5.00. The summed E-state index contributed by atoms with van der Waals surface area (Å²) in [6, 6.07) is 10.5. The van der Waals surface area contributed by atoms with Crippen molar-refractivity contribution in [1.82, 2.24) is 0 Å². The molecular weight excluding hydrogens is 260 g/mol. The van der Waals surface area contributed by atoms with E-state index in [9.17, 15) is 4.79 Å².